The first-order valence-corrected chi connectivity index (χ1v) is 6.02. The first-order valence-electron chi connectivity index (χ1n) is 6.02. The molecule has 1 amide bonds. The highest BCUT2D eigenvalue weighted by Crippen LogP contribution is 2.29. The molecule has 100 valence electrons. The van der Waals surface area contributed by atoms with E-state index in [0.717, 1.165) is 0 Å². The van der Waals surface area contributed by atoms with E-state index >= 15 is 0 Å². The number of phenolic OH excluding ortho intramolecular Hbond substituents is 1. The Morgan fingerprint density at radius 1 is 1.15 bits per heavy atom. The van der Waals surface area contributed by atoms with Crippen molar-refractivity contribution in [1.29, 1.82) is 0 Å². The normalized spacial score (nSPS) is 10.6. The summed E-state index contributed by atoms with van der Waals surface area (Å²) in [7, 11) is 0. The zero-order chi connectivity index (χ0) is 14.1. The molecule has 0 bridgehead atoms. The fourth-order valence-corrected chi connectivity index (χ4v) is 1.92. The van der Waals surface area contributed by atoms with Crippen molar-refractivity contribution in [2.75, 3.05) is 11.1 Å². The van der Waals surface area contributed by atoms with E-state index in [4.69, 9.17) is 10.2 Å². The Labute approximate surface area is 114 Å². The number of nitrogen functional groups attached to an aromatic ring is 1. The van der Waals surface area contributed by atoms with E-state index in [0.29, 0.717) is 16.7 Å². The van der Waals surface area contributed by atoms with Crippen LogP contribution in [-0.2, 0) is 0 Å². The zero-order valence-electron chi connectivity index (χ0n) is 10.5. The molecule has 0 aliphatic carbocycles. The maximum atomic E-state index is 12.1. The number of amides is 1. The average molecular weight is 268 g/mol. The highest BCUT2D eigenvalue weighted by Gasteiger charge is 2.13. The summed E-state index contributed by atoms with van der Waals surface area (Å²) < 4.78 is 5.41. The van der Waals surface area contributed by atoms with Crippen molar-refractivity contribution in [1.82, 2.24) is 0 Å². The Morgan fingerprint density at radius 3 is 2.65 bits per heavy atom. The summed E-state index contributed by atoms with van der Waals surface area (Å²) in [5, 5.41) is 12.9. The fourth-order valence-electron chi connectivity index (χ4n) is 1.92. The Hall–Kier alpha value is -2.95. The molecule has 0 saturated carbocycles. The second-order valence-corrected chi connectivity index (χ2v) is 4.38. The van der Waals surface area contributed by atoms with E-state index in [1.807, 2.05) is 18.2 Å². The van der Waals surface area contributed by atoms with E-state index in [1.54, 1.807) is 24.3 Å². The lowest BCUT2D eigenvalue weighted by Gasteiger charge is -2.01. The molecule has 5 heteroatoms. The molecule has 4 N–H and O–H groups in total. The van der Waals surface area contributed by atoms with Crippen LogP contribution in [0.4, 0.5) is 11.4 Å². The molecule has 20 heavy (non-hydrogen) atoms. The number of anilines is 2. The van der Waals surface area contributed by atoms with Gasteiger partial charge in [-0.2, -0.15) is 0 Å². The van der Waals surface area contributed by atoms with Crippen LogP contribution in [0.2, 0.25) is 0 Å². The van der Waals surface area contributed by atoms with Gasteiger partial charge >= 0.3 is 0 Å². The first-order chi connectivity index (χ1) is 9.63. The minimum atomic E-state index is -0.356. The van der Waals surface area contributed by atoms with Gasteiger partial charge in [-0.25, -0.2) is 0 Å². The minimum absolute atomic E-state index is 0.0677. The molecule has 0 fully saturated rings. The molecule has 0 aliphatic heterocycles. The number of aromatic hydroxyl groups is 1. The standard InChI is InChI=1S/C15H12N2O3/c16-11-6-9-7-14(20-13(9)8-12(11)18)15(19)17-10-4-2-1-3-5-10/h1-8,18H,16H2,(H,17,19). The van der Waals surface area contributed by atoms with Gasteiger partial charge in [-0.15, -0.1) is 0 Å². The molecule has 3 rings (SSSR count). The van der Waals surface area contributed by atoms with Crippen LogP contribution in [0, 0.1) is 0 Å². The fraction of sp³-hybridized carbons (Fsp3) is 0. The molecule has 5 nitrogen and oxygen atoms in total. The number of hydrogen-bond acceptors (Lipinski definition) is 4. The van der Waals surface area contributed by atoms with Crippen LogP contribution in [0.25, 0.3) is 11.0 Å². The predicted molar refractivity (Wildman–Crippen MR) is 76.7 cm³/mol. The number of carbonyl (C=O) groups is 1. The third kappa shape index (κ3) is 2.16. The van der Waals surface area contributed by atoms with Crippen LogP contribution in [0.3, 0.4) is 0 Å². The van der Waals surface area contributed by atoms with Crippen molar-refractivity contribution in [2.24, 2.45) is 0 Å². The van der Waals surface area contributed by atoms with Crippen LogP contribution >= 0.6 is 0 Å². The van der Waals surface area contributed by atoms with Crippen molar-refractivity contribution < 1.29 is 14.3 Å². The van der Waals surface area contributed by atoms with Gasteiger partial charge in [-0.1, -0.05) is 18.2 Å². The molecule has 2 aromatic carbocycles. The SMILES string of the molecule is Nc1cc2cc(C(=O)Nc3ccccc3)oc2cc1O. The average Bonchev–Trinajstić information content (AvgIpc) is 2.83. The molecule has 0 spiro atoms. The smallest absolute Gasteiger partial charge is 0.291 e. The number of carbonyl (C=O) groups excluding carboxylic acids is 1. The Morgan fingerprint density at radius 2 is 1.90 bits per heavy atom. The summed E-state index contributed by atoms with van der Waals surface area (Å²) >= 11 is 0. The third-order valence-electron chi connectivity index (χ3n) is 2.92. The number of para-hydroxylation sites is 1. The predicted octanol–water partition coefficient (Wildman–Crippen LogP) is 2.97. The molecule has 0 unspecified atom stereocenters. The minimum Gasteiger partial charge on any atom is -0.506 e. The number of benzene rings is 2. The Balaban J connectivity index is 1.92. The molecular weight excluding hydrogens is 256 g/mol. The van der Waals surface area contributed by atoms with Gasteiger partial charge in [0, 0.05) is 17.1 Å². The summed E-state index contributed by atoms with van der Waals surface area (Å²) in [6.45, 7) is 0. The molecule has 0 saturated heterocycles. The molecule has 0 atom stereocenters. The van der Waals surface area contributed by atoms with Gasteiger partial charge in [-0.3, -0.25) is 4.79 Å². The van der Waals surface area contributed by atoms with Crippen molar-refractivity contribution in [3.63, 3.8) is 0 Å². The monoisotopic (exact) mass is 268 g/mol. The van der Waals surface area contributed by atoms with Crippen LogP contribution in [0.5, 0.6) is 5.75 Å². The highest BCUT2D eigenvalue weighted by atomic mass is 16.3. The van der Waals surface area contributed by atoms with Crippen molar-refractivity contribution in [3.8, 4) is 5.75 Å². The van der Waals surface area contributed by atoms with Gasteiger partial charge in [0.05, 0.1) is 5.69 Å². The summed E-state index contributed by atoms with van der Waals surface area (Å²) in [6.07, 6.45) is 0. The van der Waals surface area contributed by atoms with E-state index in [2.05, 4.69) is 5.32 Å². The summed E-state index contributed by atoms with van der Waals surface area (Å²) in [5.74, 6) is -0.263. The van der Waals surface area contributed by atoms with Crippen LogP contribution in [0.1, 0.15) is 10.6 Å². The van der Waals surface area contributed by atoms with Crippen molar-refractivity contribution >= 4 is 28.3 Å². The molecule has 3 aromatic rings. The van der Waals surface area contributed by atoms with E-state index in [-0.39, 0.29) is 23.1 Å². The topological polar surface area (TPSA) is 88.5 Å². The Kier molecular flexibility index (Phi) is 2.80. The van der Waals surface area contributed by atoms with E-state index in [9.17, 15) is 9.90 Å². The molecule has 1 heterocycles. The highest BCUT2D eigenvalue weighted by molar-refractivity contribution is 6.05. The summed E-state index contributed by atoms with van der Waals surface area (Å²) in [4.78, 5) is 12.1. The zero-order valence-corrected chi connectivity index (χ0v) is 10.5. The molecule has 1 aromatic heterocycles. The number of hydrogen-bond donors (Lipinski definition) is 3. The lowest BCUT2D eigenvalue weighted by atomic mass is 10.2. The number of phenols is 1. The summed E-state index contributed by atoms with van der Waals surface area (Å²) in [6, 6.07) is 13.6. The van der Waals surface area contributed by atoms with Gasteiger partial charge in [-0.05, 0) is 24.3 Å². The van der Waals surface area contributed by atoms with Gasteiger partial charge in [0.15, 0.2) is 5.76 Å². The van der Waals surface area contributed by atoms with Crippen LogP contribution in [0.15, 0.2) is 52.9 Å². The Bertz CT molecular complexity index is 739. The number of fused-ring (bicyclic) bond motifs is 1. The molecule has 0 radical (unpaired) electrons. The number of rotatable bonds is 2. The van der Waals surface area contributed by atoms with E-state index < -0.39 is 0 Å². The number of furan rings is 1. The maximum Gasteiger partial charge on any atom is 0.291 e. The van der Waals surface area contributed by atoms with Gasteiger partial charge in [0.25, 0.3) is 5.91 Å². The second kappa shape index (κ2) is 4.62. The second-order valence-electron chi connectivity index (χ2n) is 4.38. The van der Waals surface area contributed by atoms with Crippen LogP contribution < -0.4 is 11.1 Å². The number of nitrogens with two attached hydrogens (primary N) is 1. The van der Waals surface area contributed by atoms with Gasteiger partial charge in [0.1, 0.15) is 11.3 Å². The van der Waals surface area contributed by atoms with E-state index in [1.165, 1.54) is 6.07 Å². The molecule has 0 aliphatic rings. The third-order valence-corrected chi connectivity index (χ3v) is 2.92. The lowest BCUT2D eigenvalue weighted by Crippen LogP contribution is -2.10. The largest absolute Gasteiger partial charge is 0.506 e. The van der Waals surface area contributed by atoms with Crippen LogP contribution in [-0.4, -0.2) is 11.0 Å². The van der Waals surface area contributed by atoms with Gasteiger partial charge in [0.2, 0.25) is 0 Å². The van der Waals surface area contributed by atoms with Gasteiger partial charge < -0.3 is 20.6 Å². The molecular formula is C15H12N2O3. The first kappa shape index (κ1) is 12.1. The number of nitrogens with one attached hydrogen (secondary N) is 1. The summed E-state index contributed by atoms with van der Waals surface area (Å²) in [5.41, 5.74) is 6.94. The quantitative estimate of drug-likeness (QED) is 0.492. The van der Waals surface area contributed by atoms with Crippen molar-refractivity contribution in [2.45, 2.75) is 0 Å². The van der Waals surface area contributed by atoms with Crippen molar-refractivity contribution in [3.05, 3.63) is 54.3 Å². The maximum absolute atomic E-state index is 12.1. The lowest BCUT2D eigenvalue weighted by molar-refractivity contribution is 0.0998.